The highest BCUT2D eigenvalue weighted by Crippen LogP contribution is 2.32. The van der Waals surface area contributed by atoms with Gasteiger partial charge in [-0.05, 0) is 62.1 Å². The SMILES string of the molecule is Cc1cc(C)c2c(c1)[nH]c1cc(C)cc(C)c12. The standard InChI is InChI=1S/C16H17N/c1-9-5-11(3)15-13(7-9)17-14-8-10(2)6-12(4)16(14)15/h5-8,17H,1-4H3. The minimum absolute atomic E-state index is 1.26. The second-order valence-electron chi connectivity index (χ2n) is 5.13. The van der Waals surface area contributed by atoms with Gasteiger partial charge in [0.2, 0.25) is 0 Å². The maximum Gasteiger partial charge on any atom is 0.0470 e. The van der Waals surface area contributed by atoms with Gasteiger partial charge in [0.25, 0.3) is 0 Å². The first kappa shape index (κ1) is 10.4. The molecule has 0 fully saturated rings. The van der Waals surface area contributed by atoms with Crippen molar-refractivity contribution in [1.82, 2.24) is 4.98 Å². The number of aryl methyl sites for hydroxylation is 4. The molecule has 0 unspecified atom stereocenters. The second-order valence-corrected chi connectivity index (χ2v) is 5.13. The maximum absolute atomic E-state index is 3.54. The number of hydrogen-bond donors (Lipinski definition) is 1. The summed E-state index contributed by atoms with van der Waals surface area (Å²) in [5.74, 6) is 0. The quantitative estimate of drug-likeness (QED) is 0.575. The van der Waals surface area contributed by atoms with Crippen LogP contribution in [0.4, 0.5) is 0 Å². The molecular formula is C16H17N. The predicted molar refractivity (Wildman–Crippen MR) is 74.8 cm³/mol. The van der Waals surface area contributed by atoms with Gasteiger partial charge in [-0.2, -0.15) is 0 Å². The zero-order chi connectivity index (χ0) is 12.2. The van der Waals surface area contributed by atoms with Gasteiger partial charge in [-0.25, -0.2) is 0 Å². The summed E-state index contributed by atoms with van der Waals surface area (Å²) in [4.78, 5) is 3.54. The van der Waals surface area contributed by atoms with Crippen LogP contribution in [0.3, 0.4) is 0 Å². The average molecular weight is 223 g/mol. The topological polar surface area (TPSA) is 15.8 Å². The van der Waals surface area contributed by atoms with Crippen LogP contribution in [0.2, 0.25) is 0 Å². The Kier molecular flexibility index (Phi) is 2.06. The highest BCUT2D eigenvalue weighted by atomic mass is 14.7. The van der Waals surface area contributed by atoms with E-state index in [1.807, 2.05) is 0 Å². The average Bonchev–Trinajstić information content (AvgIpc) is 2.55. The molecule has 0 aliphatic heterocycles. The van der Waals surface area contributed by atoms with E-state index < -0.39 is 0 Å². The van der Waals surface area contributed by atoms with Gasteiger partial charge in [0.1, 0.15) is 0 Å². The fourth-order valence-electron chi connectivity index (χ4n) is 2.94. The van der Waals surface area contributed by atoms with E-state index in [-0.39, 0.29) is 0 Å². The van der Waals surface area contributed by atoms with Crippen molar-refractivity contribution in [2.24, 2.45) is 0 Å². The lowest BCUT2D eigenvalue weighted by Crippen LogP contribution is -1.81. The maximum atomic E-state index is 3.54. The number of benzene rings is 2. The third-order valence-electron chi connectivity index (χ3n) is 3.48. The highest BCUT2D eigenvalue weighted by molar-refractivity contribution is 6.10. The van der Waals surface area contributed by atoms with Gasteiger partial charge in [0.15, 0.2) is 0 Å². The number of rotatable bonds is 0. The summed E-state index contributed by atoms with van der Waals surface area (Å²) in [6, 6.07) is 8.98. The van der Waals surface area contributed by atoms with Crippen molar-refractivity contribution in [2.75, 3.05) is 0 Å². The number of aromatic amines is 1. The van der Waals surface area contributed by atoms with Gasteiger partial charge in [0, 0.05) is 21.8 Å². The molecule has 0 bridgehead atoms. The van der Waals surface area contributed by atoms with Crippen LogP contribution in [-0.2, 0) is 0 Å². The molecule has 0 radical (unpaired) electrons. The van der Waals surface area contributed by atoms with E-state index in [0.29, 0.717) is 0 Å². The molecule has 0 saturated heterocycles. The van der Waals surface area contributed by atoms with Crippen molar-refractivity contribution < 1.29 is 0 Å². The second kappa shape index (κ2) is 3.36. The highest BCUT2D eigenvalue weighted by Gasteiger charge is 2.09. The largest absolute Gasteiger partial charge is 0.354 e. The Morgan fingerprint density at radius 3 is 1.47 bits per heavy atom. The lowest BCUT2D eigenvalue weighted by Gasteiger charge is -2.02. The third-order valence-corrected chi connectivity index (χ3v) is 3.48. The van der Waals surface area contributed by atoms with Crippen LogP contribution in [0.5, 0.6) is 0 Å². The summed E-state index contributed by atoms with van der Waals surface area (Å²) in [7, 11) is 0. The third kappa shape index (κ3) is 1.46. The number of aromatic nitrogens is 1. The molecule has 0 spiro atoms. The predicted octanol–water partition coefficient (Wildman–Crippen LogP) is 4.55. The summed E-state index contributed by atoms with van der Waals surface area (Å²) in [6.45, 7) is 8.69. The fourth-order valence-corrected chi connectivity index (χ4v) is 2.94. The molecule has 3 aromatic rings. The minimum Gasteiger partial charge on any atom is -0.354 e. The zero-order valence-corrected chi connectivity index (χ0v) is 10.8. The molecule has 1 nitrogen and oxygen atoms in total. The monoisotopic (exact) mass is 223 g/mol. The Labute approximate surface area is 101 Å². The molecule has 0 aliphatic carbocycles. The van der Waals surface area contributed by atoms with E-state index >= 15 is 0 Å². The van der Waals surface area contributed by atoms with Gasteiger partial charge in [0.05, 0.1) is 0 Å². The van der Waals surface area contributed by atoms with E-state index in [2.05, 4.69) is 56.9 Å². The van der Waals surface area contributed by atoms with E-state index in [1.54, 1.807) is 0 Å². The van der Waals surface area contributed by atoms with Crippen molar-refractivity contribution in [1.29, 1.82) is 0 Å². The summed E-state index contributed by atoms with van der Waals surface area (Å²) < 4.78 is 0. The molecule has 86 valence electrons. The molecule has 1 N–H and O–H groups in total. The molecule has 0 saturated carbocycles. The van der Waals surface area contributed by atoms with Crippen LogP contribution >= 0.6 is 0 Å². The molecule has 1 heterocycles. The fraction of sp³-hybridized carbons (Fsp3) is 0.250. The van der Waals surface area contributed by atoms with Crippen LogP contribution in [0.15, 0.2) is 24.3 Å². The Morgan fingerprint density at radius 1 is 0.647 bits per heavy atom. The van der Waals surface area contributed by atoms with E-state index in [4.69, 9.17) is 0 Å². The van der Waals surface area contributed by atoms with Crippen LogP contribution in [-0.4, -0.2) is 4.98 Å². The van der Waals surface area contributed by atoms with Crippen LogP contribution in [0.25, 0.3) is 21.8 Å². The van der Waals surface area contributed by atoms with Gasteiger partial charge in [-0.1, -0.05) is 12.1 Å². The first-order valence-corrected chi connectivity index (χ1v) is 6.06. The molecular weight excluding hydrogens is 206 g/mol. The molecule has 0 atom stereocenters. The zero-order valence-electron chi connectivity index (χ0n) is 10.8. The lowest BCUT2D eigenvalue weighted by molar-refractivity contribution is 1.41. The van der Waals surface area contributed by atoms with Crippen molar-refractivity contribution >= 4 is 21.8 Å². The van der Waals surface area contributed by atoms with Crippen molar-refractivity contribution in [3.8, 4) is 0 Å². The molecule has 2 aromatic carbocycles. The van der Waals surface area contributed by atoms with Crippen LogP contribution in [0, 0.1) is 27.7 Å². The lowest BCUT2D eigenvalue weighted by atomic mass is 10.0. The molecule has 0 amide bonds. The summed E-state index contributed by atoms with van der Waals surface area (Å²) in [5, 5.41) is 2.76. The summed E-state index contributed by atoms with van der Waals surface area (Å²) >= 11 is 0. The van der Waals surface area contributed by atoms with Crippen LogP contribution < -0.4 is 0 Å². The summed E-state index contributed by atoms with van der Waals surface area (Å²) in [6.07, 6.45) is 0. The van der Waals surface area contributed by atoms with Crippen LogP contribution in [0.1, 0.15) is 22.3 Å². The van der Waals surface area contributed by atoms with E-state index in [0.717, 1.165) is 0 Å². The first-order valence-electron chi connectivity index (χ1n) is 6.06. The Bertz CT molecular complexity index is 670. The Balaban J connectivity index is 2.60. The molecule has 3 rings (SSSR count). The van der Waals surface area contributed by atoms with Gasteiger partial charge in [-0.3, -0.25) is 0 Å². The Morgan fingerprint density at radius 2 is 1.06 bits per heavy atom. The smallest absolute Gasteiger partial charge is 0.0470 e. The number of nitrogens with one attached hydrogen (secondary N) is 1. The Hall–Kier alpha value is -1.76. The van der Waals surface area contributed by atoms with E-state index in [9.17, 15) is 0 Å². The molecule has 0 aliphatic rings. The molecule has 17 heavy (non-hydrogen) atoms. The molecule has 1 aromatic heterocycles. The van der Waals surface area contributed by atoms with Crippen molar-refractivity contribution in [2.45, 2.75) is 27.7 Å². The van der Waals surface area contributed by atoms with Gasteiger partial charge < -0.3 is 4.98 Å². The van der Waals surface area contributed by atoms with Gasteiger partial charge >= 0.3 is 0 Å². The number of fused-ring (bicyclic) bond motifs is 3. The van der Waals surface area contributed by atoms with Crippen molar-refractivity contribution in [3.63, 3.8) is 0 Å². The minimum atomic E-state index is 1.26. The summed E-state index contributed by atoms with van der Waals surface area (Å²) in [5.41, 5.74) is 7.86. The number of H-pyrrole nitrogens is 1. The molecule has 1 heteroatoms. The van der Waals surface area contributed by atoms with E-state index in [1.165, 1.54) is 44.1 Å². The van der Waals surface area contributed by atoms with Crippen molar-refractivity contribution in [3.05, 3.63) is 46.5 Å². The number of hydrogen-bond acceptors (Lipinski definition) is 0. The first-order chi connectivity index (χ1) is 8.06. The van der Waals surface area contributed by atoms with Gasteiger partial charge in [-0.15, -0.1) is 0 Å². The normalized spacial score (nSPS) is 11.5.